The zero-order chi connectivity index (χ0) is 23.9. The first-order valence-corrected chi connectivity index (χ1v) is 10.7. The highest BCUT2D eigenvalue weighted by Crippen LogP contribution is 2.27. The number of carbonyl (C=O) groups excluding carboxylic acids is 2. The molecule has 1 unspecified atom stereocenters. The number of hydrogen-bond acceptors (Lipinski definition) is 5. The smallest absolute Gasteiger partial charge is 0.414 e. The molecule has 32 heavy (non-hydrogen) atoms. The summed E-state index contributed by atoms with van der Waals surface area (Å²) in [4.78, 5) is 27.3. The maximum absolute atomic E-state index is 12.7. The van der Waals surface area contributed by atoms with Gasteiger partial charge in [0, 0.05) is 38.1 Å². The van der Waals surface area contributed by atoms with E-state index in [1.807, 2.05) is 26.8 Å². The van der Waals surface area contributed by atoms with Crippen molar-refractivity contribution in [3.05, 3.63) is 59.1 Å². The first-order valence-electron chi connectivity index (χ1n) is 10.3. The Balaban J connectivity index is 2.13. The molecule has 2 aromatic rings. The number of nitrogens with zero attached hydrogens (tertiary/aromatic N) is 2. The second kappa shape index (κ2) is 11.1. The summed E-state index contributed by atoms with van der Waals surface area (Å²) in [6.45, 7) is 6.10. The van der Waals surface area contributed by atoms with Crippen LogP contribution in [0.15, 0.2) is 48.5 Å². The number of ether oxygens (including phenoxy) is 3. The highest BCUT2D eigenvalue weighted by molar-refractivity contribution is 6.30. The van der Waals surface area contributed by atoms with Crippen LogP contribution in [0.4, 0.5) is 9.59 Å². The average Bonchev–Trinajstić information content (AvgIpc) is 2.72. The topological polar surface area (TPSA) is 68.3 Å². The van der Waals surface area contributed by atoms with Gasteiger partial charge in [0.05, 0.1) is 6.61 Å². The lowest BCUT2D eigenvalue weighted by Crippen LogP contribution is -2.43. The maximum atomic E-state index is 12.7. The summed E-state index contributed by atoms with van der Waals surface area (Å²) in [5.74, 6) is 1.04. The first-order chi connectivity index (χ1) is 15.0. The van der Waals surface area contributed by atoms with Crippen LogP contribution >= 0.6 is 11.6 Å². The molecule has 0 saturated heterocycles. The van der Waals surface area contributed by atoms with Crippen LogP contribution in [0.5, 0.6) is 11.5 Å². The van der Waals surface area contributed by atoms with Crippen molar-refractivity contribution in [1.29, 1.82) is 0 Å². The Hall–Kier alpha value is -2.93. The molecule has 0 N–H and O–H groups in total. The number of rotatable bonds is 7. The van der Waals surface area contributed by atoms with Crippen LogP contribution in [0, 0.1) is 0 Å². The van der Waals surface area contributed by atoms with Gasteiger partial charge in [-0.3, -0.25) is 0 Å². The summed E-state index contributed by atoms with van der Waals surface area (Å²) in [6.07, 6.45) is -1.03. The Morgan fingerprint density at radius 1 is 0.969 bits per heavy atom. The van der Waals surface area contributed by atoms with Crippen molar-refractivity contribution in [2.24, 2.45) is 0 Å². The van der Waals surface area contributed by atoms with E-state index in [2.05, 4.69) is 0 Å². The van der Waals surface area contributed by atoms with E-state index in [1.165, 1.54) is 4.90 Å². The van der Waals surface area contributed by atoms with Gasteiger partial charge in [0.25, 0.3) is 0 Å². The van der Waals surface area contributed by atoms with Gasteiger partial charge in [-0.25, -0.2) is 9.59 Å². The monoisotopic (exact) mass is 462 g/mol. The summed E-state index contributed by atoms with van der Waals surface area (Å²) in [5, 5.41) is 0.583. The van der Waals surface area contributed by atoms with Crippen molar-refractivity contribution >= 4 is 23.8 Å². The fraction of sp³-hybridized carbons (Fsp3) is 0.417. The molecule has 7 nitrogen and oxygen atoms in total. The molecule has 0 saturated carbocycles. The molecule has 0 aliphatic carbocycles. The third-order valence-electron chi connectivity index (χ3n) is 4.79. The lowest BCUT2D eigenvalue weighted by Gasteiger charge is -2.32. The van der Waals surface area contributed by atoms with Gasteiger partial charge < -0.3 is 24.0 Å². The van der Waals surface area contributed by atoms with Crippen molar-refractivity contribution in [1.82, 2.24) is 9.80 Å². The fourth-order valence-electron chi connectivity index (χ4n) is 2.55. The molecular formula is C24H31ClN2O5. The maximum Gasteiger partial charge on any atom is 0.414 e. The van der Waals surface area contributed by atoms with E-state index < -0.39 is 18.3 Å². The summed E-state index contributed by atoms with van der Waals surface area (Å²) >= 11 is 6.01. The second-order valence-electron chi connectivity index (χ2n) is 8.53. The molecule has 0 radical (unpaired) electrons. The lowest BCUT2D eigenvalue weighted by molar-refractivity contribution is 0.0382. The molecule has 0 bridgehead atoms. The number of halogens is 1. The summed E-state index contributed by atoms with van der Waals surface area (Å²) in [6, 6.07) is 14.0. The minimum atomic E-state index is -0.551. The number of amides is 2. The summed E-state index contributed by atoms with van der Waals surface area (Å²) in [5.41, 5.74) is 0.378. The van der Waals surface area contributed by atoms with Gasteiger partial charge in [0.2, 0.25) is 0 Å². The molecule has 8 heteroatoms. The largest absolute Gasteiger partial charge is 0.493 e. The minimum absolute atomic E-state index is 0.314. The zero-order valence-electron chi connectivity index (χ0n) is 19.4. The molecule has 2 amide bonds. The average molecular weight is 463 g/mol. The Kier molecular flexibility index (Phi) is 8.78. The van der Waals surface area contributed by atoms with Gasteiger partial charge in [0.1, 0.15) is 17.6 Å². The van der Waals surface area contributed by atoms with Crippen LogP contribution in [0.3, 0.4) is 0 Å². The standard InChI is InChI=1S/C24H31ClN2O5/c1-24(2,3)27(6)23(29)32-21(14-15-30-20-9-7-8-18(25)16-20)17-10-12-19(13-11-17)31-22(28)26(4)5/h7-13,16,21H,14-15H2,1-6H3. The molecular weight excluding hydrogens is 432 g/mol. The SMILES string of the molecule is CN(C)C(=O)Oc1ccc(C(CCOc2cccc(Cl)c2)OC(=O)N(C)C(C)(C)C)cc1. The van der Waals surface area contributed by atoms with Gasteiger partial charge in [0.15, 0.2) is 0 Å². The van der Waals surface area contributed by atoms with Crippen LogP contribution in [-0.2, 0) is 4.74 Å². The molecule has 0 aliphatic rings. The van der Waals surface area contributed by atoms with Gasteiger partial charge in [-0.2, -0.15) is 0 Å². The lowest BCUT2D eigenvalue weighted by atomic mass is 10.1. The Morgan fingerprint density at radius 3 is 2.19 bits per heavy atom. The van der Waals surface area contributed by atoms with Gasteiger partial charge >= 0.3 is 12.2 Å². The Labute approximate surface area is 194 Å². The van der Waals surface area contributed by atoms with E-state index in [0.29, 0.717) is 29.5 Å². The van der Waals surface area contributed by atoms with E-state index in [0.717, 1.165) is 5.56 Å². The number of hydrogen-bond donors (Lipinski definition) is 0. The van der Waals surface area contributed by atoms with E-state index in [9.17, 15) is 9.59 Å². The van der Waals surface area contributed by atoms with Crippen LogP contribution in [0.2, 0.25) is 5.02 Å². The van der Waals surface area contributed by atoms with E-state index in [-0.39, 0.29) is 5.54 Å². The predicted octanol–water partition coefficient (Wildman–Crippen LogP) is 5.78. The second-order valence-corrected chi connectivity index (χ2v) is 8.96. The summed E-state index contributed by atoms with van der Waals surface area (Å²) < 4.78 is 16.9. The molecule has 0 spiro atoms. The molecule has 0 aromatic heterocycles. The molecule has 0 aliphatic heterocycles. The molecule has 0 heterocycles. The molecule has 1 atom stereocenters. The molecule has 0 fully saturated rings. The van der Waals surface area contributed by atoms with Crippen LogP contribution in [-0.4, -0.2) is 55.3 Å². The van der Waals surface area contributed by atoms with Crippen molar-refractivity contribution < 1.29 is 23.8 Å². The van der Waals surface area contributed by atoms with E-state index in [1.54, 1.807) is 68.5 Å². The van der Waals surface area contributed by atoms with Crippen LogP contribution in [0.25, 0.3) is 0 Å². The van der Waals surface area contributed by atoms with Gasteiger partial charge in [-0.15, -0.1) is 0 Å². The Bertz CT molecular complexity index is 909. The van der Waals surface area contributed by atoms with Crippen LogP contribution < -0.4 is 9.47 Å². The predicted molar refractivity (Wildman–Crippen MR) is 124 cm³/mol. The highest BCUT2D eigenvalue weighted by Gasteiger charge is 2.27. The normalized spacial score (nSPS) is 12.0. The van der Waals surface area contributed by atoms with E-state index >= 15 is 0 Å². The summed E-state index contributed by atoms with van der Waals surface area (Å²) in [7, 11) is 4.92. The zero-order valence-corrected chi connectivity index (χ0v) is 20.2. The molecule has 2 aromatic carbocycles. The minimum Gasteiger partial charge on any atom is -0.493 e. The van der Waals surface area contributed by atoms with Gasteiger partial charge in [-0.1, -0.05) is 29.8 Å². The molecule has 2 rings (SSSR count). The van der Waals surface area contributed by atoms with E-state index in [4.69, 9.17) is 25.8 Å². The van der Waals surface area contributed by atoms with Crippen molar-refractivity contribution in [3.8, 4) is 11.5 Å². The fourth-order valence-corrected chi connectivity index (χ4v) is 2.73. The Morgan fingerprint density at radius 2 is 1.62 bits per heavy atom. The van der Waals surface area contributed by atoms with Crippen LogP contribution in [0.1, 0.15) is 38.9 Å². The van der Waals surface area contributed by atoms with Crippen molar-refractivity contribution in [2.75, 3.05) is 27.7 Å². The first kappa shape index (κ1) is 25.3. The number of benzene rings is 2. The highest BCUT2D eigenvalue weighted by atomic mass is 35.5. The van der Waals surface area contributed by atoms with Crippen molar-refractivity contribution in [3.63, 3.8) is 0 Å². The third kappa shape index (κ3) is 7.64. The third-order valence-corrected chi connectivity index (χ3v) is 5.03. The van der Waals surface area contributed by atoms with Gasteiger partial charge in [-0.05, 0) is 56.7 Å². The molecule has 174 valence electrons. The number of carbonyl (C=O) groups is 2. The quantitative estimate of drug-likeness (QED) is 0.521. The van der Waals surface area contributed by atoms with Crippen molar-refractivity contribution in [2.45, 2.75) is 38.8 Å².